The first-order chi connectivity index (χ1) is 11.6. The Hall–Kier alpha value is -2.60. The molecule has 0 unspecified atom stereocenters. The zero-order valence-corrected chi connectivity index (χ0v) is 14.4. The van der Waals surface area contributed by atoms with E-state index < -0.39 is 5.91 Å². The minimum atomic E-state index is -0.510. The third-order valence-electron chi connectivity index (χ3n) is 3.35. The summed E-state index contributed by atoms with van der Waals surface area (Å²) >= 11 is 3.31. The molecule has 1 N–H and O–H groups in total. The molecule has 2 aromatic carbocycles. The number of fused-ring (bicyclic) bond motifs is 1. The van der Waals surface area contributed by atoms with E-state index in [9.17, 15) is 9.59 Å². The molecule has 1 aromatic heterocycles. The van der Waals surface area contributed by atoms with Crippen LogP contribution in [0.1, 0.15) is 17.5 Å². The van der Waals surface area contributed by atoms with Gasteiger partial charge < -0.3 is 14.5 Å². The zero-order valence-electron chi connectivity index (χ0n) is 12.8. The molecule has 0 aliphatic rings. The predicted octanol–water partition coefficient (Wildman–Crippen LogP) is 4.21. The fourth-order valence-electron chi connectivity index (χ4n) is 2.28. The number of carbonyl (C=O) groups is 1. The van der Waals surface area contributed by atoms with Gasteiger partial charge in [0.15, 0.2) is 11.2 Å². The largest absolute Gasteiger partial charge is 0.492 e. The van der Waals surface area contributed by atoms with Gasteiger partial charge in [-0.25, -0.2) is 0 Å². The van der Waals surface area contributed by atoms with Crippen LogP contribution in [0.3, 0.4) is 0 Å². The topological polar surface area (TPSA) is 68.5 Å². The number of nitrogens with one attached hydrogen (secondary N) is 1. The summed E-state index contributed by atoms with van der Waals surface area (Å²) in [5.41, 5.74) is 0.595. The van der Waals surface area contributed by atoms with Gasteiger partial charge in [0.25, 0.3) is 5.91 Å². The van der Waals surface area contributed by atoms with Crippen molar-refractivity contribution in [1.29, 1.82) is 0 Å². The minimum absolute atomic E-state index is 0.0545. The summed E-state index contributed by atoms with van der Waals surface area (Å²) in [7, 11) is 0. The van der Waals surface area contributed by atoms with Gasteiger partial charge >= 0.3 is 0 Å². The maximum Gasteiger partial charge on any atom is 0.291 e. The highest BCUT2D eigenvalue weighted by Crippen LogP contribution is 2.25. The summed E-state index contributed by atoms with van der Waals surface area (Å²) in [6, 6.07) is 13.3. The highest BCUT2D eigenvalue weighted by Gasteiger charge is 2.14. The molecule has 0 radical (unpaired) electrons. The van der Waals surface area contributed by atoms with Crippen LogP contribution in [0.15, 0.2) is 62.2 Å². The van der Waals surface area contributed by atoms with Gasteiger partial charge in [-0.3, -0.25) is 9.59 Å². The molecule has 0 aliphatic heterocycles. The molecule has 1 amide bonds. The second kappa shape index (κ2) is 6.88. The number of hydrogen-bond acceptors (Lipinski definition) is 4. The number of amides is 1. The van der Waals surface area contributed by atoms with Crippen molar-refractivity contribution in [3.63, 3.8) is 0 Å². The molecular formula is C18H14BrNO4. The molecule has 1 heterocycles. The van der Waals surface area contributed by atoms with E-state index in [1.54, 1.807) is 36.4 Å². The summed E-state index contributed by atoms with van der Waals surface area (Å²) in [6.45, 7) is 2.34. The number of ether oxygens (including phenoxy) is 1. The molecule has 24 heavy (non-hydrogen) atoms. The molecule has 3 rings (SSSR count). The molecule has 122 valence electrons. The Kier molecular flexibility index (Phi) is 4.66. The molecule has 0 saturated heterocycles. The van der Waals surface area contributed by atoms with Crippen LogP contribution in [0.25, 0.3) is 11.0 Å². The molecule has 0 saturated carbocycles. The number of rotatable bonds is 4. The van der Waals surface area contributed by atoms with Crippen molar-refractivity contribution in [2.75, 3.05) is 11.9 Å². The number of hydrogen-bond donors (Lipinski definition) is 1. The Morgan fingerprint density at radius 3 is 2.79 bits per heavy atom. The lowest BCUT2D eigenvalue weighted by Crippen LogP contribution is -2.15. The van der Waals surface area contributed by atoms with Crippen LogP contribution in [0, 0.1) is 0 Å². The van der Waals surface area contributed by atoms with Crippen LogP contribution in [0.2, 0.25) is 0 Å². The Morgan fingerprint density at radius 2 is 2.00 bits per heavy atom. The fourth-order valence-corrected chi connectivity index (χ4v) is 2.64. The van der Waals surface area contributed by atoms with E-state index in [2.05, 4.69) is 21.2 Å². The monoisotopic (exact) mass is 387 g/mol. The first kappa shape index (κ1) is 16.3. The molecule has 0 spiro atoms. The molecule has 6 heteroatoms. The molecule has 3 aromatic rings. The Morgan fingerprint density at radius 1 is 1.21 bits per heavy atom. The van der Waals surface area contributed by atoms with Gasteiger partial charge in [0, 0.05) is 10.5 Å². The number of benzene rings is 2. The van der Waals surface area contributed by atoms with Gasteiger partial charge in [0.1, 0.15) is 11.3 Å². The highest BCUT2D eigenvalue weighted by molar-refractivity contribution is 9.10. The van der Waals surface area contributed by atoms with E-state index in [-0.39, 0.29) is 11.2 Å². The highest BCUT2D eigenvalue weighted by atomic mass is 79.9. The van der Waals surface area contributed by atoms with Crippen molar-refractivity contribution >= 4 is 38.5 Å². The van der Waals surface area contributed by atoms with Crippen LogP contribution in [-0.2, 0) is 0 Å². The Balaban J connectivity index is 1.95. The number of halogens is 1. The van der Waals surface area contributed by atoms with Crippen molar-refractivity contribution < 1.29 is 13.9 Å². The molecule has 0 aliphatic carbocycles. The van der Waals surface area contributed by atoms with E-state index in [1.807, 2.05) is 13.0 Å². The van der Waals surface area contributed by atoms with Crippen molar-refractivity contribution in [3.05, 3.63) is 69.0 Å². The normalized spacial score (nSPS) is 10.6. The van der Waals surface area contributed by atoms with E-state index >= 15 is 0 Å². The molecule has 0 fully saturated rings. The average Bonchev–Trinajstić information content (AvgIpc) is 2.57. The number of para-hydroxylation sites is 2. The van der Waals surface area contributed by atoms with Gasteiger partial charge in [-0.1, -0.05) is 28.1 Å². The Labute approximate surface area is 146 Å². The minimum Gasteiger partial charge on any atom is -0.492 e. The first-order valence-corrected chi connectivity index (χ1v) is 8.14. The lowest BCUT2D eigenvalue weighted by molar-refractivity contribution is 0.0996. The summed E-state index contributed by atoms with van der Waals surface area (Å²) < 4.78 is 11.8. The third kappa shape index (κ3) is 3.33. The van der Waals surface area contributed by atoms with Crippen LogP contribution in [0.5, 0.6) is 5.75 Å². The van der Waals surface area contributed by atoms with Crippen molar-refractivity contribution in [2.24, 2.45) is 0 Å². The van der Waals surface area contributed by atoms with E-state index in [0.29, 0.717) is 29.0 Å². The summed E-state index contributed by atoms with van der Waals surface area (Å²) in [5.74, 6) is -0.00869. The number of anilines is 1. The third-order valence-corrected chi connectivity index (χ3v) is 3.84. The fraction of sp³-hybridized carbons (Fsp3) is 0.111. The van der Waals surface area contributed by atoms with E-state index in [1.165, 1.54) is 6.07 Å². The predicted molar refractivity (Wildman–Crippen MR) is 95.7 cm³/mol. The second-order valence-electron chi connectivity index (χ2n) is 5.00. The number of carbonyl (C=O) groups excluding carboxylic acids is 1. The van der Waals surface area contributed by atoms with Gasteiger partial charge in [-0.05, 0) is 37.3 Å². The molecular weight excluding hydrogens is 374 g/mol. The SMILES string of the molecule is CCOc1ccccc1NC(=O)c1cc(=O)c2cc(Br)ccc2o1. The van der Waals surface area contributed by atoms with Crippen molar-refractivity contribution in [3.8, 4) is 5.75 Å². The van der Waals surface area contributed by atoms with Gasteiger partial charge in [0.2, 0.25) is 0 Å². The van der Waals surface area contributed by atoms with Crippen LogP contribution in [0.4, 0.5) is 5.69 Å². The van der Waals surface area contributed by atoms with Crippen molar-refractivity contribution in [2.45, 2.75) is 6.92 Å². The van der Waals surface area contributed by atoms with Crippen molar-refractivity contribution in [1.82, 2.24) is 0 Å². The van der Waals surface area contributed by atoms with Gasteiger partial charge in [0.05, 0.1) is 17.7 Å². The summed E-state index contributed by atoms with van der Waals surface area (Å²) in [5, 5.41) is 3.12. The zero-order chi connectivity index (χ0) is 17.1. The smallest absolute Gasteiger partial charge is 0.291 e. The standard InChI is InChI=1S/C18H14BrNO4/c1-2-23-16-6-4-3-5-13(16)20-18(22)17-10-14(21)12-9-11(19)7-8-15(12)24-17/h3-10H,2H2,1H3,(H,20,22). The second-order valence-corrected chi connectivity index (χ2v) is 5.91. The average molecular weight is 388 g/mol. The van der Waals surface area contributed by atoms with E-state index in [4.69, 9.17) is 9.15 Å². The van der Waals surface area contributed by atoms with Crippen LogP contribution < -0.4 is 15.5 Å². The Bertz CT molecular complexity index is 965. The first-order valence-electron chi connectivity index (χ1n) is 7.35. The van der Waals surface area contributed by atoms with Crippen LogP contribution >= 0.6 is 15.9 Å². The van der Waals surface area contributed by atoms with Gasteiger partial charge in [-0.15, -0.1) is 0 Å². The maximum absolute atomic E-state index is 12.4. The summed E-state index contributed by atoms with van der Waals surface area (Å²) in [4.78, 5) is 24.6. The van der Waals surface area contributed by atoms with Gasteiger partial charge in [-0.2, -0.15) is 0 Å². The summed E-state index contributed by atoms with van der Waals surface area (Å²) in [6.07, 6.45) is 0. The quantitative estimate of drug-likeness (QED) is 0.727. The molecule has 5 nitrogen and oxygen atoms in total. The molecule has 0 bridgehead atoms. The maximum atomic E-state index is 12.4. The van der Waals surface area contributed by atoms with E-state index in [0.717, 1.165) is 4.47 Å². The van der Waals surface area contributed by atoms with Crippen LogP contribution in [-0.4, -0.2) is 12.5 Å². The lowest BCUT2D eigenvalue weighted by Gasteiger charge is -2.11. The lowest BCUT2D eigenvalue weighted by atomic mass is 10.2. The molecule has 0 atom stereocenters.